The van der Waals surface area contributed by atoms with E-state index in [1.807, 2.05) is 0 Å². The molecule has 2 N–H and O–H groups in total. The average molecular weight is 527 g/mol. The number of unbranched alkanes of at least 4 members (excludes halogenated alkanes) is 1. The van der Waals surface area contributed by atoms with Crippen molar-refractivity contribution in [3.63, 3.8) is 0 Å². The van der Waals surface area contributed by atoms with E-state index in [9.17, 15) is 14.0 Å². The van der Waals surface area contributed by atoms with Gasteiger partial charge in [-0.2, -0.15) is 0 Å². The molecule has 1 amide bonds. The summed E-state index contributed by atoms with van der Waals surface area (Å²) < 4.78 is 26.2. The number of carboxylic acid groups (broad SMARTS) is 1. The van der Waals surface area contributed by atoms with Crippen LogP contribution in [0, 0.1) is 17.7 Å². The molecular weight excluding hydrogens is 487 g/mol. The fourth-order valence-electron chi connectivity index (χ4n) is 6.77. The van der Waals surface area contributed by atoms with Gasteiger partial charge < -0.3 is 19.6 Å². The van der Waals surface area contributed by atoms with E-state index in [4.69, 9.17) is 14.3 Å². The Morgan fingerprint density at radius 3 is 2.68 bits per heavy atom. The van der Waals surface area contributed by atoms with Crippen molar-refractivity contribution in [1.29, 1.82) is 0 Å². The monoisotopic (exact) mass is 526 g/mol. The number of carbonyl (C=O) groups excluding carboxylic acids is 1. The van der Waals surface area contributed by atoms with Gasteiger partial charge >= 0.3 is 5.97 Å². The highest BCUT2D eigenvalue weighted by Gasteiger charge is 2.51. The predicted molar refractivity (Wildman–Crippen MR) is 139 cm³/mol. The van der Waals surface area contributed by atoms with Crippen molar-refractivity contribution in [3.05, 3.63) is 53.0 Å². The van der Waals surface area contributed by atoms with E-state index >= 15 is 0 Å². The van der Waals surface area contributed by atoms with Crippen LogP contribution in [0.5, 0.6) is 0 Å². The Labute approximate surface area is 223 Å². The van der Waals surface area contributed by atoms with Crippen LogP contribution >= 0.6 is 0 Å². The molecule has 3 aliphatic rings. The zero-order chi connectivity index (χ0) is 26.5. The number of aromatic nitrogens is 1. The van der Waals surface area contributed by atoms with E-state index in [-0.39, 0.29) is 47.9 Å². The molecule has 7 nitrogen and oxygen atoms in total. The van der Waals surface area contributed by atoms with Crippen LogP contribution < -0.4 is 5.32 Å². The number of hydrogen-bond acceptors (Lipinski definition) is 5. The van der Waals surface area contributed by atoms with Crippen molar-refractivity contribution in [2.75, 3.05) is 6.54 Å². The van der Waals surface area contributed by atoms with Gasteiger partial charge in [-0.3, -0.25) is 9.59 Å². The lowest BCUT2D eigenvalue weighted by Crippen LogP contribution is -2.28. The number of aliphatic carboxylic acids is 1. The summed E-state index contributed by atoms with van der Waals surface area (Å²) in [7, 11) is 0. The van der Waals surface area contributed by atoms with Crippen LogP contribution in [0.2, 0.25) is 0 Å². The summed E-state index contributed by atoms with van der Waals surface area (Å²) in [5, 5.41) is 12.1. The van der Waals surface area contributed by atoms with E-state index in [0.717, 1.165) is 42.7 Å². The number of hydrogen-bond donors (Lipinski definition) is 2. The number of oxazole rings is 1. The number of aryl methyl sites for hydroxylation is 1. The maximum absolute atomic E-state index is 14.1. The van der Waals surface area contributed by atoms with Gasteiger partial charge in [0, 0.05) is 18.9 Å². The van der Waals surface area contributed by atoms with Crippen molar-refractivity contribution < 1.29 is 28.2 Å². The first-order chi connectivity index (χ1) is 18.5. The van der Waals surface area contributed by atoms with E-state index < -0.39 is 5.97 Å². The fraction of sp³-hybridized carbons (Fsp3) is 0.633. The molecule has 2 saturated heterocycles. The number of carboxylic acids is 1. The number of carbonyl (C=O) groups is 2. The molecule has 206 valence electrons. The largest absolute Gasteiger partial charge is 0.481 e. The van der Waals surface area contributed by atoms with Crippen LogP contribution in [0.15, 0.2) is 28.9 Å². The Kier molecular flexibility index (Phi) is 8.77. The number of amides is 1. The van der Waals surface area contributed by atoms with Crippen LogP contribution in [-0.2, 0) is 22.4 Å². The second kappa shape index (κ2) is 12.4. The summed E-state index contributed by atoms with van der Waals surface area (Å²) in [4.78, 5) is 28.4. The molecule has 1 saturated carbocycles. The molecule has 2 aromatic rings. The Morgan fingerprint density at radius 1 is 1.05 bits per heavy atom. The second-order valence-corrected chi connectivity index (χ2v) is 11.3. The normalized spacial score (nSPS) is 25.1. The highest BCUT2D eigenvalue weighted by atomic mass is 19.1. The third-order valence-electron chi connectivity index (χ3n) is 8.75. The summed E-state index contributed by atoms with van der Waals surface area (Å²) in [5.74, 6) is -0.192. The van der Waals surface area contributed by atoms with Crippen molar-refractivity contribution in [2.45, 2.75) is 102 Å². The Bertz CT molecular complexity index is 1110. The third-order valence-corrected chi connectivity index (χ3v) is 8.75. The minimum atomic E-state index is -0.878. The molecule has 5 rings (SSSR count). The summed E-state index contributed by atoms with van der Waals surface area (Å²) in [6.45, 7) is 0.631. The number of nitrogens with zero attached hydrogens (tertiary/aromatic N) is 1. The van der Waals surface area contributed by atoms with Crippen LogP contribution in [0.25, 0.3) is 0 Å². The maximum atomic E-state index is 14.1. The molecule has 38 heavy (non-hydrogen) atoms. The lowest BCUT2D eigenvalue weighted by atomic mass is 9.75. The number of nitrogens with one attached hydrogen (secondary N) is 1. The van der Waals surface area contributed by atoms with Gasteiger partial charge in [-0.25, -0.2) is 9.37 Å². The molecule has 2 aliphatic heterocycles. The lowest BCUT2D eigenvalue weighted by molar-refractivity contribution is -0.136. The third kappa shape index (κ3) is 6.45. The van der Waals surface area contributed by atoms with E-state index in [0.29, 0.717) is 25.3 Å². The number of ether oxygens (including phenoxy) is 1. The Balaban J connectivity index is 1.19. The first kappa shape index (κ1) is 26.9. The highest BCUT2D eigenvalue weighted by molar-refractivity contribution is 5.91. The molecule has 1 aliphatic carbocycles. The standard InChI is InChI=1S/C30H39FN2O5/c31-22-11-9-20(10-14-27(34)35)21(16-22)17-23-25-12-13-26(38-25)28(23)30-33-24(18-37-30)29(36)32-15-5-4-8-19-6-2-1-3-7-19/h9,11,16,18-19,23,25-26,28H,1-8,10,12-15,17H2,(H,32,36)(H,34,35)/t23-,25-,26+,28-/m0/s1. The summed E-state index contributed by atoms with van der Waals surface area (Å²) >= 11 is 0. The van der Waals surface area contributed by atoms with Gasteiger partial charge in [0.05, 0.1) is 18.1 Å². The van der Waals surface area contributed by atoms with E-state index in [2.05, 4.69) is 10.3 Å². The zero-order valence-electron chi connectivity index (χ0n) is 22.0. The number of rotatable bonds is 12. The van der Waals surface area contributed by atoms with Crippen molar-refractivity contribution in [3.8, 4) is 0 Å². The summed E-state index contributed by atoms with van der Waals surface area (Å²) in [6, 6.07) is 4.56. The van der Waals surface area contributed by atoms with Crippen molar-refractivity contribution in [1.82, 2.24) is 10.3 Å². The van der Waals surface area contributed by atoms with Gasteiger partial charge in [0.2, 0.25) is 5.89 Å². The SMILES string of the molecule is O=C(O)CCc1ccc(F)cc1C[C@@H]1[C@H](c2nc(C(=O)NCCCCC3CCCCC3)co2)[C@H]2CC[C@@H]1O2. The molecule has 0 unspecified atom stereocenters. The molecule has 4 atom stereocenters. The van der Waals surface area contributed by atoms with Gasteiger partial charge in [0.1, 0.15) is 12.1 Å². The van der Waals surface area contributed by atoms with E-state index in [1.54, 1.807) is 6.07 Å². The predicted octanol–water partition coefficient (Wildman–Crippen LogP) is 5.82. The lowest BCUT2D eigenvalue weighted by Gasteiger charge is -2.26. The highest BCUT2D eigenvalue weighted by Crippen LogP contribution is 2.50. The topological polar surface area (TPSA) is 102 Å². The quantitative estimate of drug-likeness (QED) is 0.338. The molecule has 3 fully saturated rings. The fourth-order valence-corrected chi connectivity index (χ4v) is 6.77. The first-order valence-electron chi connectivity index (χ1n) is 14.4. The number of benzene rings is 1. The molecule has 1 aromatic heterocycles. The zero-order valence-corrected chi connectivity index (χ0v) is 22.0. The van der Waals surface area contributed by atoms with Crippen molar-refractivity contribution in [2.24, 2.45) is 11.8 Å². The van der Waals surface area contributed by atoms with E-state index in [1.165, 1.54) is 56.9 Å². The second-order valence-electron chi connectivity index (χ2n) is 11.3. The molecule has 2 bridgehead atoms. The van der Waals surface area contributed by atoms with Gasteiger partial charge in [0.15, 0.2) is 5.69 Å². The van der Waals surface area contributed by atoms with Crippen molar-refractivity contribution >= 4 is 11.9 Å². The smallest absolute Gasteiger partial charge is 0.303 e. The van der Waals surface area contributed by atoms with Gasteiger partial charge in [0.25, 0.3) is 5.91 Å². The van der Waals surface area contributed by atoms with Crippen LogP contribution in [0.3, 0.4) is 0 Å². The molecule has 3 heterocycles. The number of halogens is 1. The molecule has 8 heteroatoms. The Morgan fingerprint density at radius 2 is 1.87 bits per heavy atom. The van der Waals surface area contributed by atoms with Crippen LogP contribution in [0.1, 0.15) is 104 Å². The molecule has 1 aromatic carbocycles. The Hall–Kier alpha value is -2.74. The summed E-state index contributed by atoms with van der Waals surface area (Å²) in [5.41, 5.74) is 1.92. The van der Waals surface area contributed by atoms with Gasteiger partial charge in [-0.1, -0.05) is 51.0 Å². The first-order valence-corrected chi connectivity index (χ1v) is 14.4. The summed E-state index contributed by atoms with van der Waals surface area (Å²) in [6.07, 6.45) is 14.2. The molecular formula is C30H39FN2O5. The van der Waals surface area contributed by atoms with Crippen LogP contribution in [-0.4, -0.2) is 40.7 Å². The average Bonchev–Trinajstić information content (AvgIpc) is 3.65. The van der Waals surface area contributed by atoms with Gasteiger partial charge in [-0.15, -0.1) is 0 Å². The van der Waals surface area contributed by atoms with Crippen LogP contribution in [0.4, 0.5) is 4.39 Å². The molecule has 0 radical (unpaired) electrons. The minimum Gasteiger partial charge on any atom is -0.481 e. The maximum Gasteiger partial charge on any atom is 0.303 e. The minimum absolute atomic E-state index is 0.00588. The van der Waals surface area contributed by atoms with Gasteiger partial charge in [-0.05, 0) is 61.3 Å². The molecule has 0 spiro atoms. The number of fused-ring (bicyclic) bond motifs is 2.